The van der Waals surface area contributed by atoms with E-state index < -0.39 is 24.5 Å². The van der Waals surface area contributed by atoms with Crippen molar-refractivity contribution in [2.75, 3.05) is 13.1 Å². The Morgan fingerprint density at radius 3 is 2.75 bits per heavy atom. The van der Waals surface area contributed by atoms with Gasteiger partial charge in [0.15, 0.2) is 6.29 Å². The largest absolute Gasteiger partial charge is 0.477 e. The highest BCUT2D eigenvalue weighted by Gasteiger charge is 2.24. The predicted octanol–water partition coefficient (Wildman–Crippen LogP) is 3.03. The summed E-state index contributed by atoms with van der Waals surface area (Å²) in [5.41, 5.74) is 1.98. The van der Waals surface area contributed by atoms with Crippen molar-refractivity contribution >= 4 is 23.6 Å². The molecular weight excluding hydrogens is 486 g/mol. The van der Waals surface area contributed by atoms with Gasteiger partial charge in [-0.25, -0.2) is 14.7 Å². The minimum absolute atomic E-state index is 0.0361. The minimum Gasteiger partial charge on any atom is -0.477 e. The molecule has 0 aromatic carbocycles. The molecule has 0 spiro atoms. The highest BCUT2D eigenvalue weighted by atomic mass is 35.5. The van der Waals surface area contributed by atoms with Crippen molar-refractivity contribution in [2.45, 2.75) is 51.7 Å². The van der Waals surface area contributed by atoms with Crippen molar-refractivity contribution < 1.29 is 24.6 Å². The normalized spacial score (nSPS) is 23.9. The van der Waals surface area contributed by atoms with Gasteiger partial charge < -0.3 is 25.8 Å². The van der Waals surface area contributed by atoms with Gasteiger partial charge in [0.2, 0.25) is 0 Å². The van der Waals surface area contributed by atoms with Crippen molar-refractivity contribution in [3.8, 4) is 0 Å². The molecule has 3 aliphatic rings. The first kappa shape index (κ1) is 27.5. The molecule has 1 heterocycles. The van der Waals surface area contributed by atoms with E-state index in [0.717, 1.165) is 29.1 Å². The second kappa shape index (κ2) is 13.3. The van der Waals surface area contributed by atoms with Crippen LogP contribution in [0.1, 0.15) is 33.1 Å². The molecule has 0 radical (unpaired) electrons. The molecule has 6 N–H and O–H groups in total. The number of amides is 2. The van der Waals surface area contributed by atoms with Gasteiger partial charge in [0.25, 0.3) is 0 Å². The maximum atomic E-state index is 12.4. The van der Waals surface area contributed by atoms with Gasteiger partial charge in [0.1, 0.15) is 11.9 Å². The molecule has 3 rings (SSSR count). The summed E-state index contributed by atoms with van der Waals surface area (Å²) in [6.45, 7) is 4.59. The maximum Gasteiger partial charge on any atom is 0.352 e. The van der Waals surface area contributed by atoms with E-state index in [9.17, 15) is 19.9 Å². The number of nitrogens with zero attached hydrogens (tertiary/aromatic N) is 1. The van der Waals surface area contributed by atoms with E-state index in [0.29, 0.717) is 18.0 Å². The van der Waals surface area contributed by atoms with Crippen molar-refractivity contribution in [1.82, 2.24) is 26.3 Å². The third-order valence-corrected chi connectivity index (χ3v) is 6.09. The van der Waals surface area contributed by atoms with E-state index >= 15 is 0 Å². The first-order valence-corrected chi connectivity index (χ1v) is 12.4. The van der Waals surface area contributed by atoms with Crippen LogP contribution in [0, 0.1) is 5.92 Å². The van der Waals surface area contributed by atoms with Crippen LogP contribution in [0.5, 0.6) is 0 Å². The summed E-state index contributed by atoms with van der Waals surface area (Å²) in [5, 5.41) is 32.7. The second-order valence-electron chi connectivity index (χ2n) is 8.75. The number of carboxylic acid groups (broad SMARTS) is 1. The Labute approximate surface area is 216 Å². The quantitative estimate of drug-likeness (QED) is 0.139. The lowest BCUT2D eigenvalue weighted by Crippen LogP contribution is -2.57. The standard InChI is InChI=1S/C25H34ClN5O5/c1-3-13-31(35)25(34)30-24(27-15-17-7-9-18(26)10-8-17)28-19-11-12-21(16(2)14-19)36-22-6-4-5-20(29-22)23(32)33/h4-7,9,11-12,14,16,21-22,24,27-29,35H,3,8,10,13,15H2,1-2H3,(H,30,34)(H,32,33). The van der Waals surface area contributed by atoms with Crippen LogP contribution in [0.15, 0.2) is 70.6 Å². The van der Waals surface area contributed by atoms with E-state index in [1.165, 1.54) is 6.08 Å². The number of aliphatic carboxylic acids is 1. The van der Waals surface area contributed by atoms with Crippen LogP contribution in [-0.2, 0) is 9.53 Å². The number of urea groups is 1. The fourth-order valence-corrected chi connectivity index (χ4v) is 3.97. The molecule has 36 heavy (non-hydrogen) atoms. The van der Waals surface area contributed by atoms with Gasteiger partial charge in [-0.2, -0.15) is 0 Å². The van der Waals surface area contributed by atoms with E-state index in [1.54, 1.807) is 12.2 Å². The summed E-state index contributed by atoms with van der Waals surface area (Å²) >= 11 is 6.05. The zero-order valence-corrected chi connectivity index (χ0v) is 21.2. The molecule has 1 aliphatic heterocycles. The number of allylic oxidation sites excluding steroid dienone is 6. The first-order valence-electron chi connectivity index (χ1n) is 12.0. The average molecular weight is 520 g/mol. The molecule has 2 aliphatic carbocycles. The Morgan fingerprint density at radius 2 is 2.08 bits per heavy atom. The monoisotopic (exact) mass is 519 g/mol. The Kier molecular flexibility index (Phi) is 10.2. The van der Waals surface area contributed by atoms with Crippen molar-refractivity contribution in [3.05, 3.63) is 70.6 Å². The van der Waals surface area contributed by atoms with E-state index in [1.807, 2.05) is 44.2 Å². The van der Waals surface area contributed by atoms with Crippen LogP contribution in [0.3, 0.4) is 0 Å². The molecule has 0 saturated carbocycles. The molecule has 11 heteroatoms. The lowest BCUT2D eigenvalue weighted by atomic mass is 9.98. The lowest BCUT2D eigenvalue weighted by Gasteiger charge is -2.31. The average Bonchev–Trinajstić information content (AvgIpc) is 2.85. The summed E-state index contributed by atoms with van der Waals surface area (Å²) in [7, 11) is 0. The summed E-state index contributed by atoms with van der Waals surface area (Å²) < 4.78 is 6.03. The summed E-state index contributed by atoms with van der Waals surface area (Å²) in [5.74, 6) is -1.08. The van der Waals surface area contributed by atoms with Crippen LogP contribution < -0.4 is 21.3 Å². The number of hydrogen-bond donors (Lipinski definition) is 6. The lowest BCUT2D eigenvalue weighted by molar-refractivity contribution is -0.133. The van der Waals surface area contributed by atoms with E-state index in [2.05, 4.69) is 21.3 Å². The number of carbonyl (C=O) groups excluding carboxylic acids is 1. The Hall–Kier alpha value is -3.05. The van der Waals surface area contributed by atoms with Gasteiger partial charge in [-0.15, -0.1) is 0 Å². The predicted molar refractivity (Wildman–Crippen MR) is 137 cm³/mol. The first-order chi connectivity index (χ1) is 17.2. The number of hydroxylamine groups is 2. The van der Waals surface area contributed by atoms with Gasteiger partial charge >= 0.3 is 12.0 Å². The van der Waals surface area contributed by atoms with Crippen LogP contribution in [0.4, 0.5) is 4.79 Å². The van der Waals surface area contributed by atoms with Gasteiger partial charge in [-0.05, 0) is 43.6 Å². The number of hydrogen-bond acceptors (Lipinski definition) is 7. The number of dihydropyridines is 1. The number of halogens is 1. The minimum atomic E-state index is -1.05. The van der Waals surface area contributed by atoms with E-state index in [4.69, 9.17) is 16.3 Å². The highest BCUT2D eigenvalue weighted by molar-refractivity contribution is 6.29. The van der Waals surface area contributed by atoms with Crippen molar-refractivity contribution in [2.24, 2.45) is 5.92 Å². The Balaban J connectivity index is 1.60. The smallest absolute Gasteiger partial charge is 0.352 e. The highest BCUT2D eigenvalue weighted by Crippen LogP contribution is 2.22. The number of rotatable bonds is 11. The van der Waals surface area contributed by atoms with E-state index in [-0.39, 0.29) is 24.3 Å². The third-order valence-electron chi connectivity index (χ3n) is 5.77. The Morgan fingerprint density at radius 1 is 1.28 bits per heavy atom. The summed E-state index contributed by atoms with van der Waals surface area (Å²) in [6, 6.07) is -0.616. The summed E-state index contributed by atoms with van der Waals surface area (Å²) in [4.78, 5) is 23.6. The fraction of sp³-hybridized carbons (Fsp3) is 0.440. The van der Waals surface area contributed by atoms with Gasteiger partial charge in [-0.3, -0.25) is 10.5 Å². The fourth-order valence-electron chi connectivity index (χ4n) is 3.81. The molecule has 0 aromatic heterocycles. The van der Waals surface area contributed by atoms with Crippen LogP contribution in [-0.4, -0.2) is 59.1 Å². The van der Waals surface area contributed by atoms with Crippen LogP contribution in [0.2, 0.25) is 0 Å². The zero-order chi connectivity index (χ0) is 26.1. The van der Waals surface area contributed by atoms with Crippen LogP contribution >= 0.6 is 11.6 Å². The molecule has 196 valence electrons. The number of carboxylic acids is 1. The van der Waals surface area contributed by atoms with Gasteiger partial charge in [0, 0.05) is 29.7 Å². The van der Waals surface area contributed by atoms with Crippen molar-refractivity contribution in [3.63, 3.8) is 0 Å². The maximum absolute atomic E-state index is 12.4. The van der Waals surface area contributed by atoms with Gasteiger partial charge in [-0.1, -0.05) is 55.3 Å². The molecule has 0 saturated heterocycles. The third kappa shape index (κ3) is 8.27. The van der Waals surface area contributed by atoms with Crippen molar-refractivity contribution in [1.29, 1.82) is 0 Å². The molecule has 2 amide bonds. The SMILES string of the molecule is CCCN(O)C(=O)NC(NCC1=CC=C(Cl)CC1)NC1=CC(C)C(OC2C=CC=C(C(=O)O)N2)C=C1. The topological polar surface area (TPSA) is 135 Å². The zero-order valence-electron chi connectivity index (χ0n) is 20.4. The molecule has 0 aromatic rings. The second-order valence-corrected chi connectivity index (χ2v) is 9.23. The molecule has 4 unspecified atom stereocenters. The Bertz CT molecular complexity index is 1000. The van der Waals surface area contributed by atoms with Gasteiger partial charge in [0.05, 0.1) is 6.10 Å². The number of carbonyl (C=O) groups is 2. The molecular formula is C25H34ClN5O5. The van der Waals surface area contributed by atoms with Crippen LogP contribution in [0.25, 0.3) is 0 Å². The molecule has 0 fully saturated rings. The summed E-state index contributed by atoms with van der Waals surface area (Å²) in [6.07, 6.45) is 15.1. The number of nitrogens with one attached hydrogen (secondary N) is 4. The molecule has 4 atom stereocenters. The molecule has 0 bridgehead atoms. The molecule has 10 nitrogen and oxygen atoms in total. The number of ether oxygens (including phenoxy) is 1.